The van der Waals surface area contributed by atoms with Gasteiger partial charge in [0, 0.05) is 0 Å². The fourth-order valence-corrected chi connectivity index (χ4v) is 2.25. The largest absolute Gasteiger partial charge is 0.497 e. The number of hydrazone groups is 1. The number of thiophene rings is 1. The molecule has 0 aliphatic carbocycles. The second kappa shape index (κ2) is 6.01. The average Bonchev–Trinajstić information content (AvgIpc) is 2.92. The summed E-state index contributed by atoms with van der Waals surface area (Å²) in [7, 11) is 1.61. The van der Waals surface area contributed by atoms with Crippen molar-refractivity contribution in [1.29, 1.82) is 0 Å². The van der Waals surface area contributed by atoms with Crippen LogP contribution in [0.2, 0.25) is 0 Å². The first-order valence-corrected chi connectivity index (χ1v) is 6.43. The van der Waals surface area contributed by atoms with Crippen LogP contribution in [0.5, 0.6) is 5.75 Å². The van der Waals surface area contributed by atoms with E-state index < -0.39 is 6.03 Å². The molecule has 0 aliphatic rings. The molecule has 1 aromatic carbocycles. The number of nitrogens with one attached hydrogen (secondary N) is 1. The van der Waals surface area contributed by atoms with E-state index in [9.17, 15) is 4.79 Å². The van der Waals surface area contributed by atoms with Gasteiger partial charge in [-0.15, -0.1) is 0 Å². The molecule has 0 unspecified atom stereocenters. The molecule has 0 saturated heterocycles. The Morgan fingerprint density at radius 3 is 2.89 bits per heavy atom. The molecule has 0 radical (unpaired) electrons. The zero-order chi connectivity index (χ0) is 13.7. The first kappa shape index (κ1) is 13.1. The Labute approximate surface area is 114 Å². The van der Waals surface area contributed by atoms with Crippen molar-refractivity contribution < 1.29 is 9.53 Å². The Hall–Kier alpha value is -2.34. The van der Waals surface area contributed by atoms with Crippen LogP contribution >= 0.6 is 11.3 Å². The number of carbonyl (C=O) groups excluding carboxylic acids is 1. The summed E-state index contributed by atoms with van der Waals surface area (Å²) < 4.78 is 5.25. The number of nitrogens with zero attached hydrogens (tertiary/aromatic N) is 1. The molecule has 2 aromatic rings. The average molecular weight is 275 g/mol. The van der Waals surface area contributed by atoms with E-state index in [1.54, 1.807) is 18.4 Å². The van der Waals surface area contributed by atoms with Gasteiger partial charge in [-0.05, 0) is 51.7 Å². The number of primary amides is 1. The topological polar surface area (TPSA) is 76.7 Å². The second-order valence-electron chi connectivity index (χ2n) is 3.74. The minimum atomic E-state index is -0.697. The molecular weight excluding hydrogens is 262 g/mol. The number of hydrogen-bond donors (Lipinski definition) is 2. The third-order valence-corrected chi connectivity index (χ3v) is 3.09. The van der Waals surface area contributed by atoms with Gasteiger partial charge in [-0.25, -0.2) is 10.2 Å². The van der Waals surface area contributed by atoms with Crippen LogP contribution in [-0.2, 0) is 0 Å². The van der Waals surface area contributed by atoms with Crippen molar-refractivity contribution in [2.24, 2.45) is 10.8 Å². The lowest BCUT2D eigenvalue weighted by Gasteiger charge is -2.05. The molecule has 1 aromatic heterocycles. The van der Waals surface area contributed by atoms with Gasteiger partial charge in [0.2, 0.25) is 0 Å². The zero-order valence-corrected chi connectivity index (χ0v) is 11.1. The van der Waals surface area contributed by atoms with Crippen LogP contribution in [0.15, 0.2) is 40.1 Å². The highest BCUT2D eigenvalue weighted by Crippen LogP contribution is 2.27. The van der Waals surface area contributed by atoms with Crippen LogP contribution in [0.4, 0.5) is 4.79 Å². The van der Waals surface area contributed by atoms with Crippen LogP contribution in [0, 0.1) is 0 Å². The van der Waals surface area contributed by atoms with Gasteiger partial charge in [-0.1, -0.05) is 0 Å². The first-order valence-electron chi connectivity index (χ1n) is 5.49. The molecule has 6 heteroatoms. The van der Waals surface area contributed by atoms with Gasteiger partial charge < -0.3 is 10.5 Å². The van der Waals surface area contributed by atoms with Crippen molar-refractivity contribution >= 4 is 23.6 Å². The molecule has 0 aliphatic heterocycles. The predicted molar refractivity (Wildman–Crippen MR) is 76.6 cm³/mol. The number of amides is 2. The second-order valence-corrected chi connectivity index (χ2v) is 4.52. The number of hydrogen-bond acceptors (Lipinski definition) is 4. The summed E-state index contributed by atoms with van der Waals surface area (Å²) in [5.74, 6) is 0.726. The van der Waals surface area contributed by atoms with E-state index in [-0.39, 0.29) is 0 Å². The number of carbonyl (C=O) groups is 1. The Morgan fingerprint density at radius 2 is 2.26 bits per heavy atom. The first-order chi connectivity index (χ1) is 9.19. The van der Waals surface area contributed by atoms with Crippen molar-refractivity contribution in [2.75, 3.05) is 7.11 Å². The molecule has 3 N–H and O–H groups in total. The molecule has 0 spiro atoms. The maximum Gasteiger partial charge on any atom is 0.332 e. The van der Waals surface area contributed by atoms with Crippen molar-refractivity contribution in [1.82, 2.24) is 5.43 Å². The normalized spacial score (nSPS) is 10.6. The minimum Gasteiger partial charge on any atom is -0.497 e. The van der Waals surface area contributed by atoms with Gasteiger partial charge >= 0.3 is 6.03 Å². The van der Waals surface area contributed by atoms with E-state index in [1.807, 2.05) is 29.6 Å². The Morgan fingerprint density at radius 1 is 1.42 bits per heavy atom. The van der Waals surface area contributed by atoms with E-state index in [0.29, 0.717) is 0 Å². The van der Waals surface area contributed by atoms with E-state index >= 15 is 0 Å². The molecule has 0 fully saturated rings. The molecule has 19 heavy (non-hydrogen) atoms. The molecule has 0 atom stereocenters. The summed E-state index contributed by atoms with van der Waals surface area (Å²) in [5.41, 5.74) is 10.0. The minimum absolute atomic E-state index is 0.697. The van der Waals surface area contributed by atoms with Crippen LogP contribution < -0.4 is 15.9 Å². The molecule has 0 saturated carbocycles. The molecule has 5 nitrogen and oxygen atoms in total. The van der Waals surface area contributed by atoms with Crippen molar-refractivity contribution in [3.05, 3.63) is 40.6 Å². The van der Waals surface area contributed by atoms with Gasteiger partial charge in [-0.3, -0.25) is 0 Å². The third-order valence-electron chi connectivity index (χ3n) is 2.41. The summed E-state index contributed by atoms with van der Waals surface area (Å²) in [6, 6.07) is 7.05. The Kier molecular flexibility index (Phi) is 4.15. The Balaban J connectivity index is 2.31. The molecule has 0 bridgehead atoms. The maximum absolute atomic E-state index is 10.5. The fourth-order valence-electron chi connectivity index (χ4n) is 1.58. The summed E-state index contributed by atoms with van der Waals surface area (Å²) in [6.45, 7) is 0. The lowest BCUT2D eigenvalue weighted by molar-refractivity contribution is 0.249. The van der Waals surface area contributed by atoms with E-state index in [1.165, 1.54) is 6.21 Å². The van der Waals surface area contributed by atoms with Crippen LogP contribution in [-0.4, -0.2) is 19.4 Å². The smallest absolute Gasteiger partial charge is 0.332 e. The van der Waals surface area contributed by atoms with Crippen molar-refractivity contribution in [3.63, 3.8) is 0 Å². The summed E-state index contributed by atoms with van der Waals surface area (Å²) in [6.07, 6.45) is 1.52. The van der Waals surface area contributed by atoms with Crippen LogP contribution in [0.3, 0.4) is 0 Å². The predicted octanol–water partition coefficient (Wildman–Crippen LogP) is 2.43. The van der Waals surface area contributed by atoms with Gasteiger partial charge in [0.1, 0.15) is 5.75 Å². The number of methoxy groups -OCH3 is 1. The lowest BCUT2D eigenvalue weighted by Crippen LogP contribution is -2.24. The summed E-state index contributed by atoms with van der Waals surface area (Å²) in [4.78, 5) is 10.5. The van der Waals surface area contributed by atoms with Gasteiger partial charge in [0.05, 0.1) is 13.3 Å². The quantitative estimate of drug-likeness (QED) is 0.664. The monoisotopic (exact) mass is 275 g/mol. The molecule has 2 amide bonds. The molecule has 2 rings (SSSR count). The number of nitrogens with two attached hydrogens (primary N) is 1. The number of rotatable bonds is 4. The summed E-state index contributed by atoms with van der Waals surface area (Å²) >= 11 is 1.63. The summed E-state index contributed by atoms with van der Waals surface area (Å²) in [5, 5.41) is 7.80. The third kappa shape index (κ3) is 3.56. The van der Waals surface area contributed by atoms with Crippen molar-refractivity contribution in [3.8, 4) is 16.9 Å². The lowest BCUT2D eigenvalue weighted by atomic mass is 10.1. The maximum atomic E-state index is 10.5. The highest BCUT2D eigenvalue weighted by Gasteiger charge is 2.03. The van der Waals surface area contributed by atoms with Gasteiger partial charge in [0.25, 0.3) is 0 Å². The van der Waals surface area contributed by atoms with Crippen LogP contribution in [0.1, 0.15) is 5.56 Å². The molecular formula is C13H13N3O2S. The fraction of sp³-hybridized carbons (Fsp3) is 0.0769. The Bertz CT molecular complexity index is 594. The SMILES string of the molecule is COc1cc(/C=N/NC(N)=O)cc(-c2ccsc2)c1. The molecule has 98 valence electrons. The van der Waals surface area contributed by atoms with Crippen molar-refractivity contribution in [2.45, 2.75) is 0 Å². The zero-order valence-electron chi connectivity index (χ0n) is 10.3. The van der Waals surface area contributed by atoms with Gasteiger partial charge in [0.15, 0.2) is 0 Å². The van der Waals surface area contributed by atoms with E-state index in [4.69, 9.17) is 10.5 Å². The van der Waals surface area contributed by atoms with Crippen LogP contribution in [0.25, 0.3) is 11.1 Å². The number of ether oxygens (including phenoxy) is 1. The molecule has 1 heterocycles. The highest BCUT2D eigenvalue weighted by molar-refractivity contribution is 7.08. The van der Waals surface area contributed by atoms with Gasteiger partial charge in [-0.2, -0.15) is 16.4 Å². The standard InChI is InChI=1S/C13H13N3O2S/c1-18-12-5-9(7-15-16-13(14)17)4-11(6-12)10-2-3-19-8-10/h2-8H,1H3,(H3,14,16,17)/b15-7+. The number of benzene rings is 1. The number of urea groups is 1. The highest BCUT2D eigenvalue weighted by atomic mass is 32.1. The van der Waals surface area contributed by atoms with E-state index in [2.05, 4.69) is 15.9 Å². The van der Waals surface area contributed by atoms with E-state index in [0.717, 1.165) is 22.4 Å².